The number of benzene rings is 1. The van der Waals surface area contributed by atoms with Crippen molar-refractivity contribution in [3.63, 3.8) is 0 Å². The minimum absolute atomic E-state index is 0.00409. The number of hydrogen-bond acceptors (Lipinski definition) is 3. The molecule has 2 aromatic rings. The van der Waals surface area contributed by atoms with Crippen LogP contribution < -0.4 is 15.2 Å². The number of halogens is 1. The molecule has 4 rings (SSSR count). The van der Waals surface area contributed by atoms with Gasteiger partial charge in [-0.1, -0.05) is 23.7 Å². The molecule has 2 aliphatic rings. The standard InChI is InChI=1S/C18H18ClN3O3/c1-2-7-20-13-10-12(5-6-14(13)25-11-15(20)23)16-17(19)21-8-3-4-9-22(21)18(16)24/h2,5-6,10H,1,3-4,7-9,11H2. The molecule has 0 saturated heterocycles. The van der Waals surface area contributed by atoms with Crippen LogP contribution in [0.1, 0.15) is 12.8 Å². The Labute approximate surface area is 149 Å². The van der Waals surface area contributed by atoms with Crippen molar-refractivity contribution in [2.45, 2.75) is 25.9 Å². The van der Waals surface area contributed by atoms with E-state index in [1.165, 1.54) is 0 Å². The molecular weight excluding hydrogens is 342 g/mol. The molecule has 6 nitrogen and oxygen atoms in total. The number of nitrogens with zero attached hydrogens (tertiary/aromatic N) is 3. The number of amides is 1. The maximum atomic E-state index is 12.8. The van der Waals surface area contributed by atoms with E-state index in [2.05, 4.69) is 6.58 Å². The van der Waals surface area contributed by atoms with Crippen LogP contribution in [0.2, 0.25) is 5.15 Å². The topological polar surface area (TPSA) is 56.5 Å². The predicted molar refractivity (Wildman–Crippen MR) is 96.4 cm³/mol. The summed E-state index contributed by atoms with van der Waals surface area (Å²) in [5, 5.41) is 0.447. The van der Waals surface area contributed by atoms with Crippen molar-refractivity contribution in [2.75, 3.05) is 18.1 Å². The van der Waals surface area contributed by atoms with Crippen LogP contribution in [-0.2, 0) is 17.9 Å². The van der Waals surface area contributed by atoms with E-state index in [1.54, 1.807) is 27.8 Å². The minimum Gasteiger partial charge on any atom is -0.482 e. The van der Waals surface area contributed by atoms with Gasteiger partial charge in [0.15, 0.2) is 6.61 Å². The largest absolute Gasteiger partial charge is 0.482 e. The van der Waals surface area contributed by atoms with Crippen LogP contribution in [0.3, 0.4) is 0 Å². The first-order chi connectivity index (χ1) is 12.1. The van der Waals surface area contributed by atoms with Gasteiger partial charge in [-0.15, -0.1) is 6.58 Å². The molecule has 0 unspecified atom stereocenters. The molecule has 25 heavy (non-hydrogen) atoms. The Morgan fingerprint density at radius 1 is 1.20 bits per heavy atom. The summed E-state index contributed by atoms with van der Waals surface area (Å²) in [4.78, 5) is 26.6. The van der Waals surface area contributed by atoms with Gasteiger partial charge in [0, 0.05) is 19.6 Å². The zero-order chi connectivity index (χ0) is 17.6. The van der Waals surface area contributed by atoms with E-state index in [0.29, 0.717) is 40.8 Å². The summed E-state index contributed by atoms with van der Waals surface area (Å²) in [5.41, 5.74) is 1.71. The fourth-order valence-corrected chi connectivity index (χ4v) is 3.82. The summed E-state index contributed by atoms with van der Waals surface area (Å²) in [6, 6.07) is 5.39. The maximum Gasteiger partial charge on any atom is 0.276 e. The summed E-state index contributed by atoms with van der Waals surface area (Å²) < 4.78 is 9.03. The van der Waals surface area contributed by atoms with E-state index in [9.17, 15) is 9.59 Å². The van der Waals surface area contributed by atoms with Crippen molar-refractivity contribution in [3.8, 4) is 16.9 Å². The highest BCUT2D eigenvalue weighted by Crippen LogP contribution is 2.37. The molecule has 0 N–H and O–H groups in total. The van der Waals surface area contributed by atoms with Crippen LogP contribution in [0, 0.1) is 0 Å². The Kier molecular flexibility index (Phi) is 3.92. The van der Waals surface area contributed by atoms with Crippen LogP contribution in [0.15, 0.2) is 35.6 Å². The van der Waals surface area contributed by atoms with Gasteiger partial charge in [-0.3, -0.25) is 14.3 Å². The van der Waals surface area contributed by atoms with Gasteiger partial charge in [0.25, 0.3) is 11.5 Å². The number of aromatic nitrogens is 2. The second-order valence-electron chi connectivity index (χ2n) is 6.19. The number of rotatable bonds is 3. The highest BCUT2D eigenvalue weighted by molar-refractivity contribution is 6.32. The van der Waals surface area contributed by atoms with E-state index in [0.717, 1.165) is 19.4 Å². The van der Waals surface area contributed by atoms with Crippen molar-refractivity contribution >= 4 is 23.2 Å². The SMILES string of the molecule is C=CCN1C(=O)COc2ccc(-c3c(Cl)n4n(c3=O)CCCC4)cc21. The van der Waals surface area contributed by atoms with E-state index < -0.39 is 0 Å². The quantitative estimate of drug-likeness (QED) is 0.792. The Morgan fingerprint density at radius 2 is 1.96 bits per heavy atom. The van der Waals surface area contributed by atoms with Crippen LogP contribution in [0.5, 0.6) is 5.75 Å². The molecule has 0 aliphatic carbocycles. The fraction of sp³-hybridized carbons (Fsp3) is 0.333. The summed E-state index contributed by atoms with van der Waals surface area (Å²) in [5.74, 6) is 0.481. The van der Waals surface area contributed by atoms with Crippen molar-refractivity contribution in [1.29, 1.82) is 0 Å². The van der Waals surface area contributed by atoms with Crippen molar-refractivity contribution in [3.05, 3.63) is 46.4 Å². The molecule has 1 aromatic heterocycles. The number of anilines is 1. The number of fused-ring (bicyclic) bond motifs is 2. The Hall–Kier alpha value is -2.47. The average molecular weight is 360 g/mol. The normalized spacial score (nSPS) is 16.2. The molecule has 0 fully saturated rings. The second kappa shape index (κ2) is 6.11. The van der Waals surface area contributed by atoms with Crippen LogP contribution >= 0.6 is 11.6 Å². The van der Waals surface area contributed by atoms with Gasteiger partial charge in [0.05, 0.1) is 11.3 Å². The zero-order valence-corrected chi connectivity index (χ0v) is 14.5. The van der Waals surface area contributed by atoms with Gasteiger partial charge in [0.1, 0.15) is 10.9 Å². The van der Waals surface area contributed by atoms with Crippen LogP contribution in [0.25, 0.3) is 11.1 Å². The highest BCUT2D eigenvalue weighted by Gasteiger charge is 2.27. The Bertz CT molecular complexity index is 928. The van der Waals surface area contributed by atoms with Gasteiger partial charge in [0.2, 0.25) is 0 Å². The van der Waals surface area contributed by atoms with Gasteiger partial charge in [-0.05, 0) is 30.5 Å². The van der Waals surface area contributed by atoms with Gasteiger partial charge >= 0.3 is 0 Å². The lowest BCUT2D eigenvalue weighted by Crippen LogP contribution is -2.38. The second-order valence-corrected chi connectivity index (χ2v) is 6.55. The van der Waals surface area contributed by atoms with Crippen molar-refractivity contribution in [2.24, 2.45) is 0 Å². The third-order valence-corrected chi connectivity index (χ3v) is 5.05. The molecular formula is C18H18ClN3O3. The molecule has 0 saturated carbocycles. The average Bonchev–Trinajstić information content (AvgIpc) is 2.88. The highest BCUT2D eigenvalue weighted by atomic mass is 35.5. The lowest BCUT2D eigenvalue weighted by molar-refractivity contribution is -0.121. The van der Waals surface area contributed by atoms with E-state index in [1.807, 2.05) is 10.7 Å². The number of carbonyl (C=O) groups is 1. The lowest BCUT2D eigenvalue weighted by Gasteiger charge is -2.28. The van der Waals surface area contributed by atoms with E-state index >= 15 is 0 Å². The monoisotopic (exact) mass is 359 g/mol. The Balaban J connectivity index is 1.86. The first-order valence-electron chi connectivity index (χ1n) is 8.29. The van der Waals surface area contributed by atoms with Crippen LogP contribution in [-0.4, -0.2) is 28.4 Å². The molecule has 0 bridgehead atoms. The molecule has 0 atom stereocenters. The number of hydrogen-bond donors (Lipinski definition) is 0. The van der Waals surface area contributed by atoms with Gasteiger partial charge in [-0.2, -0.15) is 0 Å². The smallest absolute Gasteiger partial charge is 0.276 e. The Morgan fingerprint density at radius 3 is 2.68 bits per heavy atom. The van der Waals surface area contributed by atoms with E-state index in [4.69, 9.17) is 16.3 Å². The summed E-state index contributed by atoms with van der Waals surface area (Å²) in [7, 11) is 0. The summed E-state index contributed by atoms with van der Waals surface area (Å²) in [6.07, 6.45) is 3.64. The zero-order valence-electron chi connectivity index (χ0n) is 13.7. The third-order valence-electron chi connectivity index (χ3n) is 4.66. The molecule has 130 valence electrons. The third kappa shape index (κ3) is 2.48. The fourth-order valence-electron chi connectivity index (χ4n) is 3.46. The molecule has 2 aliphatic heterocycles. The van der Waals surface area contributed by atoms with Gasteiger partial charge < -0.3 is 9.64 Å². The molecule has 0 spiro atoms. The minimum atomic E-state index is -0.136. The maximum absolute atomic E-state index is 12.8. The summed E-state index contributed by atoms with van der Waals surface area (Å²) in [6.45, 7) is 5.51. The van der Waals surface area contributed by atoms with Crippen molar-refractivity contribution in [1.82, 2.24) is 9.36 Å². The van der Waals surface area contributed by atoms with Gasteiger partial charge in [-0.25, -0.2) is 4.68 Å². The predicted octanol–water partition coefficient (Wildman–Crippen LogP) is 2.68. The molecule has 1 amide bonds. The first kappa shape index (κ1) is 16.0. The summed E-state index contributed by atoms with van der Waals surface area (Å²) >= 11 is 6.51. The number of ether oxygens (including phenoxy) is 1. The van der Waals surface area contributed by atoms with Crippen molar-refractivity contribution < 1.29 is 9.53 Å². The molecule has 3 heterocycles. The van der Waals surface area contributed by atoms with E-state index in [-0.39, 0.29) is 18.1 Å². The lowest BCUT2D eigenvalue weighted by atomic mass is 10.1. The van der Waals surface area contributed by atoms with Crippen LogP contribution in [0.4, 0.5) is 5.69 Å². The number of carbonyl (C=O) groups excluding carboxylic acids is 1. The molecule has 1 aromatic carbocycles. The molecule has 0 radical (unpaired) electrons. The molecule has 7 heteroatoms. The first-order valence-corrected chi connectivity index (χ1v) is 8.67.